The first-order chi connectivity index (χ1) is 14.6. The normalized spacial score (nSPS) is 24.1. The lowest BCUT2D eigenvalue weighted by atomic mass is 9.69. The minimum Gasteiger partial charge on any atom is -0.493 e. The topological polar surface area (TPSA) is 90.5 Å². The molecule has 0 radical (unpaired) electrons. The molecule has 3 N–H and O–H groups in total. The molecule has 0 unspecified atom stereocenters. The van der Waals surface area contributed by atoms with E-state index in [2.05, 4.69) is 33.9 Å². The van der Waals surface area contributed by atoms with Crippen molar-refractivity contribution in [2.24, 2.45) is 0 Å². The van der Waals surface area contributed by atoms with Crippen LogP contribution in [-0.4, -0.2) is 34.4 Å². The van der Waals surface area contributed by atoms with E-state index in [0.29, 0.717) is 18.5 Å². The molecule has 2 saturated carbocycles. The van der Waals surface area contributed by atoms with E-state index in [1.807, 2.05) is 6.07 Å². The summed E-state index contributed by atoms with van der Waals surface area (Å²) < 4.78 is 11.9. The molecular weight excluding hydrogens is 378 g/mol. The fraction of sp³-hybridized carbons (Fsp3) is 0.500. The number of benzene rings is 1. The third-order valence-corrected chi connectivity index (χ3v) is 6.22. The van der Waals surface area contributed by atoms with Gasteiger partial charge in [0.15, 0.2) is 11.5 Å². The number of hydrogen-bond acceptors (Lipinski definition) is 6. The summed E-state index contributed by atoms with van der Waals surface area (Å²) >= 11 is 0. The van der Waals surface area contributed by atoms with Gasteiger partial charge in [-0.3, -0.25) is 0 Å². The molecule has 1 heterocycles. The van der Waals surface area contributed by atoms with E-state index in [9.17, 15) is 5.11 Å². The van der Waals surface area contributed by atoms with E-state index >= 15 is 0 Å². The molecule has 30 heavy (non-hydrogen) atoms. The first-order valence-corrected chi connectivity index (χ1v) is 10.7. The summed E-state index contributed by atoms with van der Waals surface area (Å²) in [6, 6.07) is 7.88. The molecule has 6 nitrogen and oxygen atoms in total. The third kappa shape index (κ3) is 4.52. The number of methoxy groups -OCH3 is 1. The van der Waals surface area contributed by atoms with Gasteiger partial charge in [0, 0.05) is 6.20 Å². The van der Waals surface area contributed by atoms with E-state index in [1.54, 1.807) is 19.4 Å². The molecule has 2 aromatic rings. The van der Waals surface area contributed by atoms with Gasteiger partial charge < -0.3 is 20.3 Å². The lowest BCUT2D eigenvalue weighted by molar-refractivity contribution is 0.110. The highest BCUT2D eigenvalue weighted by Crippen LogP contribution is 2.43. The minimum absolute atomic E-state index is 0.214. The van der Waals surface area contributed by atoms with Crippen molar-refractivity contribution < 1.29 is 14.6 Å². The lowest BCUT2D eigenvalue weighted by Crippen LogP contribution is -2.32. The van der Waals surface area contributed by atoms with Gasteiger partial charge in [-0.2, -0.15) is 0 Å². The van der Waals surface area contributed by atoms with Crippen molar-refractivity contribution in [2.75, 3.05) is 12.8 Å². The van der Waals surface area contributed by atoms with Crippen molar-refractivity contribution in [1.82, 2.24) is 9.97 Å². The summed E-state index contributed by atoms with van der Waals surface area (Å²) in [5, 5.41) is 10.1. The molecule has 0 saturated heterocycles. The van der Waals surface area contributed by atoms with Crippen molar-refractivity contribution in [3.63, 3.8) is 0 Å². The van der Waals surface area contributed by atoms with E-state index < -0.39 is 0 Å². The second-order valence-electron chi connectivity index (χ2n) is 8.25. The van der Waals surface area contributed by atoms with Crippen LogP contribution in [0.3, 0.4) is 0 Å². The first-order valence-electron chi connectivity index (χ1n) is 10.7. The van der Waals surface area contributed by atoms with Crippen molar-refractivity contribution in [3.8, 4) is 23.3 Å². The summed E-state index contributed by atoms with van der Waals surface area (Å²) in [5.74, 6) is 8.40. The largest absolute Gasteiger partial charge is 0.493 e. The van der Waals surface area contributed by atoms with E-state index in [1.165, 1.54) is 12.8 Å². The van der Waals surface area contributed by atoms with Crippen LogP contribution in [0.1, 0.15) is 62.6 Å². The summed E-state index contributed by atoms with van der Waals surface area (Å²) in [5.41, 5.74) is 7.03. The number of hydrogen-bond donors (Lipinski definition) is 2. The molecule has 0 bridgehead atoms. The number of aliphatic hydroxyl groups is 1. The molecule has 158 valence electrons. The van der Waals surface area contributed by atoms with Crippen LogP contribution in [0.4, 0.5) is 5.95 Å². The molecule has 4 rings (SSSR count). The van der Waals surface area contributed by atoms with Crippen molar-refractivity contribution >= 4 is 5.95 Å². The van der Waals surface area contributed by atoms with Crippen molar-refractivity contribution in [1.29, 1.82) is 0 Å². The average Bonchev–Trinajstić information content (AvgIpc) is 3.27. The number of anilines is 1. The summed E-state index contributed by atoms with van der Waals surface area (Å²) in [4.78, 5) is 8.14. The minimum atomic E-state index is -0.376. The van der Waals surface area contributed by atoms with Gasteiger partial charge in [0.05, 0.1) is 24.7 Å². The fourth-order valence-electron chi connectivity index (χ4n) is 4.46. The number of rotatable bonds is 4. The fourth-order valence-corrected chi connectivity index (χ4v) is 4.46. The van der Waals surface area contributed by atoms with Gasteiger partial charge in [0.1, 0.15) is 5.69 Å². The summed E-state index contributed by atoms with van der Waals surface area (Å²) in [6.45, 7) is 0. The highest BCUT2D eigenvalue weighted by Gasteiger charge is 2.36. The molecular formula is C24H29N3O3. The Labute approximate surface area is 177 Å². The highest BCUT2D eigenvalue weighted by molar-refractivity contribution is 5.49. The summed E-state index contributed by atoms with van der Waals surface area (Å²) in [6.07, 6.45) is 9.15. The maximum atomic E-state index is 10.1. The maximum Gasteiger partial charge on any atom is 0.221 e. The molecule has 1 aromatic carbocycles. The smallest absolute Gasteiger partial charge is 0.221 e. The van der Waals surface area contributed by atoms with Gasteiger partial charge in [-0.15, -0.1) is 0 Å². The predicted octanol–water partition coefficient (Wildman–Crippen LogP) is 3.61. The van der Waals surface area contributed by atoms with E-state index in [-0.39, 0.29) is 23.6 Å². The van der Waals surface area contributed by atoms with Crippen LogP contribution in [0, 0.1) is 11.8 Å². The zero-order valence-electron chi connectivity index (χ0n) is 17.4. The maximum absolute atomic E-state index is 10.1. The zero-order valence-corrected chi connectivity index (χ0v) is 17.4. The monoisotopic (exact) mass is 407 g/mol. The van der Waals surface area contributed by atoms with Gasteiger partial charge in [-0.25, -0.2) is 9.97 Å². The second-order valence-corrected chi connectivity index (χ2v) is 8.25. The molecule has 1 aromatic heterocycles. The summed E-state index contributed by atoms with van der Waals surface area (Å²) in [7, 11) is 1.67. The van der Waals surface area contributed by atoms with Crippen LogP contribution in [0.25, 0.3) is 0 Å². The van der Waals surface area contributed by atoms with Gasteiger partial charge in [0.25, 0.3) is 0 Å². The standard InChI is InChI=1S/C24H29N3O3/c1-29-21-7-6-17(16-22(21)30-20-4-2-3-5-20)24(13-9-19(28)10-14-24)12-8-18-11-15-26-23(25)27-18/h6-7,11,15-16,19-20,28H,2-5,9-10,13-14H2,1H3,(H2,25,26,27)/t19-,24+. The van der Waals surface area contributed by atoms with Crippen LogP contribution < -0.4 is 15.2 Å². The first kappa shape index (κ1) is 20.5. The SMILES string of the molecule is COc1ccc([C@]2(C#Cc3ccnc(N)n3)CC[C@H](O)CC2)cc1OC1CCCC1. The molecule has 0 atom stereocenters. The van der Waals surface area contributed by atoms with Crippen molar-refractivity contribution in [2.45, 2.75) is 69.0 Å². The van der Waals surface area contributed by atoms with Gasteiger partial charge in [-0.05, 0) is 81.0 Å². The van der Waals surface area contributed by atoms with Crippen LogP contribution >= 0.6 is 0 Å². The molecule has 0 spiro atoms. The van der Waals surface area contributed by atoms with Crippen LogP contribution in [0.2, 0.25) is 0 Å². The Bertz CT molecular complexity index is 936. The van der Waals surface area contributed by atoms with Gasteiger partial charge in [-0.1, -0.05) is 12.0 Å². The van der Waals surface area contributed by atoms with E-state index in [0.717, 1.165) is 42.7 Å². The quantitative estimate of drug-likeness (QED) is 0.753. The van der Waals surface area contributed by atoms with Crippen LogP contribution in [-0.2, 0) is 5.41 Å². The number of nitrogen functional groups attached to an aromatic ring is 1. The number of ether oxygens (including phenoxy) is 2. The lowest BCUT2D eigenvalue weighted by Gasteiger charge is -2.35. The highest BCUT2D eigenvalue weighted by atomic mass is 16.5. The third-order valence-electron chi connectivity index (χ3n) is 6.22. The average molecular weight is 408 g/mol. The Morgan fingerprint density at radius 2 is 1.87 bits per heavy atom. The molecule has 2 fully saturated rings. The van der Waals surface area contributed by atoms with E-state index in [4.69, 9.17) is 15.2 Å². The molecule has 2 aliphatic rings. The molecule has 0 aliphatic heterocycles. The molecule has 2 aliphatic carbocycles. The molecule has 6 heteroatoms. The second kappa shape index (κ2) is 8.93. The van der Waals surface area contributed by atoms with Gasteiger partial charge in [0.2, 0.25) is 5.95 Å². The predicted molar refractivity (Wildman–Crippen MR) is 115 cm³/mol. The number of aromatic nitrogens is 2. The van der Waals surface area contributed by atoms with Gasteiger partial charge >= 0.3 is 0 Å². The van der Waals surface area contributed by atoms with Crippen LogP contribution in [0.5, 0.6) is 11.5 Å². The Morgan fingerprint density at radius 1 is 1.10 bits per heavy atom. The Hall–Kier alpha value is -2.78. The Balaban J connectivity index is 1.70. The molecule has 0 amide bonds. The Kier molecular flexibility index (Phi) is 6.10. The Morgan fingerprint density at radius 3 is 2.57 bits per heavy atom. The number of nitrogens with zero attached hydrogens (tertiary/aromatic N) is 2. The zero-order chi connectivity index (χ0) is 21.0. The van der Waals surface area contributed by atoms with Crippen LogP contribution in [0.15, 0.2) is 30.5 Å². The van der Waals surface area contributed by atoms with Crippen molar-refractivity contribution in [3.05, 3.63) is 41.7 Å². The number of aliphatic hydroxyl groups excluding tert-OH is 1. The number of nitrogens with two attached hydrogens (primary N) is 1.